The molecule has 0 aliphatic carbocycles. The summed E-state index contributed by atoms with van der Waals surface area (Å²) in [7, 11) is 1.61. The third-order valence-electron chi connectivity index (χ3n) is 4.13. The summed E-state index contributed by atoms with van der Waals surface area (Å²) in [6, 6.07) is 11.0. The Balaban J connectivity index is 1.62. The van der Waals surface area contributed by atoms with E-state index in [-0.39, 0.29) is 5.91 Å². The van der Waals surface area contributed by atoms with Gasteiger partial charge in [-0.25, -0.2) is 9.97 Å². The number of aryl methyl sites for hydroxylation is 1. The summed E-state index contributed by atoms with van der Waals surface area (Å²) in [6.45, 7) is 1.96. The highest BCUT2D eigenvalue weighted by Crippen LogP contribution is 2.30. The van der Waals surface area contributed by atoms with Gasteiger partial charge in [0, 0.05) is 29.9 Å². The van der Waals surface area contributed by atoms with Crippen LogP contribution in [0.4, 0.5) is 10.8 Å². The lowest BCUT2D eigenvalue weighted by atomic mass is 10.2. The van der Waals surface area contributed by atoms with Crippen molar-refractivity contribution in [2.75, 3.05) is 12.4 Å². The Hall–Kier alpha value is -2.90. The van der Waals surface area contributed by atoms with E-state index in [1.165, 1.54) is 11.3 Å². The average Bonchev–Trinajstić information content (AvgIpc) is 3.24. The summed E-state index contributed by atoms with van der Waals surface area (Å²) in [6.07, 6.45) is 1.84. The Labute approximate surface area is 164 Å². The van der Waals surface area contributed by atoms with Crippen LogP contribution in [-0.2, 0) is 0 Å². The molecule has 136 valence electrons. The minimum Gasteiger partial charge on any atom is -0.355 e. The first-order valence-corrected chi connectivity index (χ1v) is 9.50. The molecule has 2 N–H and O–H groups in total. The van der Waals surface area contributed by atoms with Crippen molar-refractivity contribution in [1.29, 1.82) is 0 Å². The zero-order valence-electron chi connectivity index (χ0n) is 14.7. The van der Waals surface area contributed by atoms with Crippen molar-refractivity contribution in [3.63, 3.8) is 0 Å². The van der Waals surface area contributed by atoms with E-state index < -0.39 is 0 Å². The first-order valence-electron chi connectivity index (χ1n) is 8.24. The van der Waals surface area contributed by atoms with Gasteiger partial charge in [0.05, 0.1) is 16.4 Å². The van der Waals surface area contributed by atoms with Crippen molar-refractivity contribution in [2.24, 2.45) is 0 Å². The molecular formula is C19H16ClN5OS. The molecule has 6 nitrogen and oxygen atoms in total. The van der Waals surface area contributed by atoms with E-state index in [1.54, 1.807) is 19.2 Å². The molecule has 8 heteroatoms. The minimum absolute atomic E-state index is 0.111. The van der Waals surface area contributed by atoms with Crippen molar-refractivity contribution < 1.29 is 4.79 Å². The average molecular weight is 398 g/mol. The van der Waals surface area contributed by atoms with E-state index in [9.17, 15) is 4.79 Å². The normalized spacial score (nSPS) is 10.9. The number of carbonyl (C=O) groups is 1. The van der Waals surface area contributed by atoms with Crippen LogP contribution in [-0.4, -0.2) is 27.3 Å². The zero-order chi connectivity index (χ0) is 19.0. The first-order chi connectivity index (χ1) is 13.0. The molecule has 0 bridgehead atoms. The van der Waals surface area contributed by atoms with Crippen molar-refractivity contribution in [3.05, 3.63) is 64.3 Å². The van der Waals surface area contributed by atoms with Crippen molar-refractivity contribution in [3.8, 4) is 11.4 Å². The fraction of sp³-hybridized carbons (Fsp3) is 0.105. The predicted octanol–water partition coefficient (Wildman–Crippen LogP) is 4.52. The molecule has 0 aliphatic heterocycles. The minimum atomic E-state index is -0.111. The topological polar surface area (TPSA) is 71.3 Å². The molecule has 0 atom stereocenters. The molecule has 0 radical (unpaired) electrons. The Bertz CT molecular complexity index is 1130. The number of amides is 1. The van der Waals surface area contributed by atoms with Crippen LogP contribution in [0.2, 0.25) is 5.02 Å². The number of benzene rings is 1. The lowest BCUT2D eigenvalue weighted by molar-refractivity contribution is 0.0963. The lowest BCUT2D eigenvalue weighted by Crippen LogP contribution is -2.17. The number of rotatable bonds is 4. The number of fused-ring (bicyclic) bond motifs is 1. The molecule has 1 amide bonds. The maximum absolute atomic E-state index is 11.6. The van der Waals surface area contributed by atoms with Crippen LogP contribution in [0, 0.1) is 6.92 Å². The van der Waals surface area contributed by atoms with E-state index in [1.807, 2.05) is 47.2 Å². The molecule has 0 unspecified atom stereocenters. The van der Waals surface area contributed by atoms with Gasteiger partial charge >= 0.3 is 0 Å². The van der Waals surface area contributed by atoms with Crippen molar-refractivity contribution in [2.45, 2.75) is 6.92 Å². The van der Waals surface area contributed by atoms with Gasteiger partial charge in [-0.15, -0.1) is 11.3 Å². The second-order valence-corrected chi connectivity index (χ2v) is 7.24. The maximum atomic E-state index is 11.6. The van der Waals surface area contributed by atoms with Gasteiger partial charge in [0.25, 0.3) is 5.91 Å². The van der Waals surface area contributed by atoms with Crippen LogP contribution in [0.25, 0.3) is 17.0 Å². The Morgan fingerprint density at radius 2 is 1.93 bits per heavy atom. The van der Waals surface area contributed by atoms with Crippen LogP contribution in [0.3, 0.4) is 0 Å². The van der Waals surface area contributed by atoms with E-state index in [0.29, 0.717) is 10.6 Å². The standard InChI is InChI=1S/C19H16ClN5OS/c1-11-17(25-9-13(20)5-8-16(25)22-11)15-10-27-19(24-15)23-14-6-3-12(4-7-14)18(26)21-2/h3-10H,1-2H3,(H,21,26)(H,23,24). The largest absolute Gasteiger partial charge is 0.355 e. The third kappa shape index (κ3) is 3.39. The monoisotopic (exact) mass is 397 g/mol. The van der Waals surface area contributed by atoms with Gasteiger partial charge in [-0.3, -0.25) is 9.20 Å². The van der Waals surface area contributed by atoms with Crippen LogP contribution in [0.5, 0.6) is 0 Å². The van der Waals surface area contributed by atoms with Crippen LogP contribution < -0.4 is 10.6 Å². The van der Waals surface area contributed by atoms with Crippen LogP contribution in [0.15, 0.2) is 48.0 Å². The smallest absolute Gasteiger partial charge is 0.251 e. The molecule has 4 rings (SSSR count). The summed E-state index contributed by atoms with van der Waals surface area (Å²) >= 11 is 7.64. The van der Waals surface area contributed by atoms with Crippen LogP contribution >= 0.6 is 22.9 Å². The van der Waals surface area contributed by atoms with E-state index >= 15 is 0 Å². The molecular weight excluding hydrogens is 382 g/mol. The van der Waals surface area contributed by atoms with Gasteiger partial charge in [-0.05, 0) is 43.3 Å². The molecule has 0 saturated heterocycles. The molecule has 4 aromatic rings. The number of thiazole rings is 1. The van der Waals surface area contributed by atoms with Gasteiger partial charge in [-0.1, -0.05) is 11.6 Å². The number of anilines is 2. The molecule has 3 heterocycles. The third-order valence-corrected chi connectivity index (χ3v) is 5.11. The predicted molar refractivity (Wildman–Crippen MR) is 109 cm³/mol. The number of nitrogens with zero attached hydrogens (tertiary/aromatic N) is 3. The quantitative estimate of drug-likeness (QED) is 0.531. The van der Waals surface area contributed by atoms with Gasteiger partial charge in [0.15, 0.2) is 5.13 Å². The van der Waals surface area contributed by atoms with Gasteiger partial charge in [-0.2, -0.15) is 0 Å². The summed E-state index contributed by atoms with van der Waals surface area (Å²) < 4.78 is 1.95. The summed E-state index contributed by atoms with van der Waals surface area (Å²) in [4.78, 5) is 20.9. The van der Waals surface area contributed by atoms with E-state index in [2.05, 4.69) is 20.6 Å². The number of halogens is 1. The van der Waals surface area contributed by atoms with Crippen LogP contribution in [0.1, 0.15) is 16.1 Å². The number of hydrogen-bond donors (Lipinski definition) is 2. The first kappa shape index (κ1) is 17.5. The Morgan fingerprint density at radius 3 is 2.67 bits per heavy atom. The fourth-order valence-electron chi connectivity index (χ4n) is 2.86. The highest BCUT2D eigenvalue weighted by Gasteiger charge is 2.14. The number of imidazole rings is 1. The van der Waals surface area contributed by atoms with Crippen molar-refractivity contribution >= 4 is 45.3 Å². The molecule has 0 saturated carbocycles. The number of nitrogens with one attached hydrogen (secondary N) is 2. The SMILES string of the molecule is CNC(=O)c1ccc(Nc2nc(-c3c(C)nc4ccc(Cl)cn34)cs2)cc1. The molecule has 0 aliphatic rings. The van der Waals surface area contributed by atoms with E-state index in [4.69, 9.17) is 11.6 Å². The highest BCUT2D eigenvalue weighted by molar-refractivity contribution is 7.14. The second kappa shape index (κ2) is 7.02. The van der Waals surface area contributed by atoms with E-state index in [0.717, 1.165) is 33.5 Å². The Kier molecular flexibility index (Phi) is 4.55. The van der Waals surface area contributed by atoms with Gasteiger partial charge in [0.2, 0.25) is 0 Å². The molecule has 3 aromatic heterocycles. The molecule has 0 fully saturated rings. The summed E-state index contributed by atoms with van der Waals surface area (Å²) in [5.41, 5.74) is 4.95. The van der Waals surface area contributed by atoms with Crippen molar-refractivity contribution in [1.82, 2.24) is 19.7 Å². The number of hydrogen-bond acceptors (Lipinski definition) is 5. The molecule has 0 spiro atoms. The fourth-order valence-corrected chi connectivity index (χ4v) is 3.73. The Morgan fingerprint density at radius 1 is 1.15 bits per heavy atom. The summed E-state index contributed by atoms with van der Waals surface area (Å²) in [5, 5.41) is 9.26. The van der Waals surface area contributed by atoms with Gasteiger partial charge < -0.3 is 10.6 Å². The maximum Gasteiger partial charge on any atom is 0.251 e. The molecule has 1 aromatic carbocycles. The number of carbonyl (C=O) groups excluding carboxylic acids is 1. The zero-order valence-corrected chi connectivity index (χ0v) is 16.2. The van der Waals surface area contributed by atoms with Gasteiger partial charge in [0.1, 0.15) is 11.3 Å². The molecule has 27 heavy (non-hydrogen) atoms. The lowest BCUT2D eigenvalue weighted by Gasteiger charge is -2.04. The summed E-state index contributed by atoms with van der Waals surface area (Å²) in [5.74, 6) is -0.111. The highest BCUT2D eigenvalue weighted by atomic mass is 35.5. The number of aromatic nitrogens is 3. The number of pyridine rings is 1. The second-order valence-electron chi connectivity index (χ2n) is 5.94.